The van der Waals surface area contributed by atoms with Crippen molar-refractivity contribution in [3.05, 3.63) is 88.3 Å². The number of hydrogen-bond acceptors (Lipinski definition) is 6. The number of carbonyl (C=O) groups excluding carboxylic acids is 1. The van der Waals surface area contributed by atoms with Gasteiger partial charge in [0.1, 0.15) is 0 Å². The summed E-state index contributed by atoms with van der Waals surface area (Å²) in [6.07, 6.45) is 2.06. The summed E-state index contributed by atoms with van der Waals surface area (Å²) < 4.78 is 0. The summed E-state index contributed by atoms with van der Waals surface area (Å²) in [7, 11) is 0. The molecule has 4 rings (SSSR count). The topological polar surface area (TPSA) is 151 Å². The Morgan fingerprint density at radius 3 is 2.17 bits per heavy atom. The van der Waals surface area contributed by atoms with Crippen LogP contribution in [0.3, 0.4) is 0 Å². The van der Waals surface area contributed by atoms with Crippen LogP contribution in [0.2, 0.25) is 0 Å². The number of rotatable bonds is 9. The molecule has 10 heteroatoms. The molecular weight excluding hydrogens is 512 g/mol. The summed E-state index contributed by atoms with van der Waals surface area (Å²) in [5.41, 5.74) is 1.67. The van der Waals surface area contributed by atoms with E-state index in [1.54, 1.807) is 38.1 Å². The Hall–Kier alpha value is -4.15. The SMILES string of the molecule is CC1=C(C(=O)O)C(c2cccc(NC(=O)NCCCN3CCC(O)(c4ccccc4)CC3)c2)C(C(=O)O)=C(C)N1. The van der Waals surface area contributed by atoms with E-state index in [1.807, 2.05) is 30.3 Å². The van der Waals surface area contributed by atoms with Gasteiger partial charge in [-0.15, -0.1) is 0 Å². The first-order chi connectivity index (χ1) is 19.1. The van der Waals surface area contributed by atoms with E-state index in [9.17, 15) is 29.7 Å². The molecule has 2 aliphatic heterocycles. The lowest BCUT2D eigenvalue weighted by Gasteiger charge is -2.38. The molecule has 1 saturated heterocycles. The maximum absolute atomic E-state index is 12.6. The third kappa shape index (κ3) is 6.52. The number of urea groups is 1. The second-order valence-corrected chi connectivity index (χ2v) is 10.3. The van der Waals surface area contributed by atoms with Crippen molar-refractivity contribution in [2.75, 3.05) is 31.5 Å². The Morgan fingerprint density at radius 1 is 0.950 bits per heavy atom. The molecule has 0 unspecified atom stereocenters. The van der Waals surface area contributed by atoms with E-state index in [1.165, 1.54) is 0 Å². The number of amides is 2. The number of benzene rings is 2. The van der Waals surface area contributed by atoms with Crippen LogP contribution in [0.25, 0.3) is 0 Å². The van der Waals surface area contributed by atoms with Crippen LogP contribution in [-0.2, 0) is 15.2 Å². The molecule has 0 atom stereocenters. The molecule has 6 N–H and O–H groups in total. The number of nitrogens with zero attached hydrogens (tertiary/aromatic N) is 1. The van der Waals surface area contributed by atoms with Crippen molar-refractivity contribution in [3.8, 4) is 0 Å². The Bertz CT molecular complexity index is 1290. The quantitative estimate of drug-likeness (QED) is 0.260. The fourth-order valence-electron chi connectivity index (χ4n) is 5.55. The fraction of sp³-hybridized carbons (Fsp3) is 0.367. The van der Waals surface area contributed by atoms with Crippen LogP contribution in [-0.4, -0.2) is 64.4 Å². The molecule has 0 aromatic heterocycles. The Morgan fingerprint density at radius 2 is 1.57 bits per heavy atom. The van der Waals surface area contributed by atoms with E-state index in [-0.39, 0.29) is 11.1 Å². The predicted octanol–water partition coefficient (Wildman–Crippen LogP) is 3.59. The highest BCUT2D eigenvalue weighted by Crippen LogP contribution is 2.39. The lowest BCUT2D eigenvalue weighted by atomic mass is 9.80. The largest absolute Gasteiger partial charge is 0.478 e. The smallest absolute Gasteiger partial charge is 0.334 e. The summed E-state index contributed by atoms with van der Waals surface area (Å²) in [5, 5.41) is 39.1. The molecule has 1 fully saturated rings. The molecule has 2 heterocycles. The number of anilines is 1. The number of hydrogen-bond donors (Lipinski definition) is 6. The Balaban J connectivity index is 1.30. The van der Waals surface area contributed by atoms with Gasteiger partial charge in [0, 0.05) is 36.7 Å². The van der Waals surface area contributed by atoms with Gasteiger partial charge >= 0.3 is 18.0 Å². The minimum absolute atomic E-state index is 0.0514. The molecule has 2 amide bonds. The van der Waals surface area contributed by atoms with Crippen molar-refractivity contribution in [3.63, 3.8) is 0 Å². The van der Waals surface area contributed by atoms with Gasteiger partial charge in [0.25, 0.3) is 0 Å². The number of piperidine rings is 1. The van der Waals surface area contributed by atoms with Crippen LogP contribution < -0.4 is 16.0 Å². The summed E-state index contributed by atoms with van der Waals surface area (Å²) >= 11 is 0. The summed E-state index contributed by atoms with van der Waals surface area (Å²) in [6.45, 7) is 6.00. The standard InChI is InChI=1S/C30H36N4O6/c1-19-24(27(35)36)26(25(28(37)38)20(2)32-19)21-8-6-11-23(18-21)33-29(39)31-14-7-15-34-16-12-30(40,13-17-34)22-9-4-3-5-10-22/h3-6,8-11,18,26,32,40H,7,12-17H2,1-2H3,(H,35,36)(H,37,38)(H2,31,33,39). The zero-order valence-electron chi connectivity index (χ0n) is 22.7. The maximum atomic E-state index is 12.6. The Labute approximate surface area is 233 Å². The lowest BCUT2D eigenvalue weighted by Crippen LogP contribution is -2.43. The zero-order valence-corrected chi connectivity index (χ0v) is 22.7. The molecule has 0 aliphatic carbocycles. The molecule has 2 aromatic rings. The number of nitrogens with one attached hydrogen (secondary N) is 3. The number of aliphatic hydroxyl groups is 1. The van der Waals surface area contributed by atoms with Crippen molar-refractivity contribution in [2.24, 2.45) is 0 Å². The van der Waals surface area contributed by atoms with E-state index in [2.05, 4.69) is 20.9 Å². The van der Waals surface area contributed by atoms with Crippen molar-refractivity contribution in [2.45, 2.75) is 44.6 Å². The average molecular weight is 549 g/mol. The number of likely N-dealkylation sites (tertiary alicyclic amines) is 1. The van der Waals surface area contributed by atoms with E-state index in [0.29, 0.717) is 42.0 Å². The first-order valence-electron chi connectivity index (χ1n) is 13.4. The summed E-state index contributed by atoms with van der Waals surface area (Å²) in [6, 6.07) is 15.9. The molecule has 40 heavy (non-hydrogen) atoms. The molecule has 0 bridgehead atoms. The molecule has 2 aliphatic rings. The van der Waals surface area contributed by atoms with Crippen LogP contribution >= 0.6 is 0 Å². The number of carboxylic acids is 2. The van der Waals surface area contributed by atoms with Gasteiger partial charge in [0.05, 0.1) is 22.7 Å². The summed E-state index contributed by atoms with van der Waals surface area (Å²) in [5.74, 6) is -3.42. The minimum atomic E-state index is -1.21. The third-order valence-electron chi connectivity index (χ3n) is 7.63. The van der Waals surface area contributed by atoms with Crippen molar-refractivity contribution in [1.82, 2.24) is 15.5 Å². The molecule has 2 aromatic carbocycles. The van der Waals surface area contributed by atoms with Gasteiger partial charge in [0.2, 0.25) is 0 Å². The lowest BCUT2D eigenvalue weighted by molar-refractivity contribution is -0.133. The van der Waals surface area contributed by atoms with Gasteiger partial charge in [-0.05, 0) is 62.9 Å². The second kappa shape index (κ2) is 12.4. The van der Waals surface area contributed by atoms with Gasteiger partial charge in [0.15, 0.2) is 0 Å². The highest BCUT2D eigenvalue weighted by Gasteiger charge is 2.37. The number of carboxylic acid groups (broad SMARTS) is 2. The average Bonchev–Trinajstić information content (AvgIpc) is 2.92. The van der Waals surface area contributed by atoms with Crippen LogP contribution in [0.5, 0.6) is 0 Å². The van der Waals surface area contributed by atoms with Gasteiger partial charge in [-0.2, -0.15) is 0 Å². The van der Waals surface area contributed by atoms with Gasteiger partial charge < -0.3 is 36.2 Å². The molecule has 0 spiro atoms. The monoisotopic (exact) mass is 548 g/mol. The van der Waals surface area contributed by atoms with E-state index in [4.69, 9.17) is 0 Å². The molecular formula is C30H36N4O6. The van der Waals surface area contributed by atoms with E-state index in [0.717, 1.165) is 31.6 Å². The first-order valence-corrected chi connectivity index (χ1v) is 13.4. The minimum Gasteiger partial charge on any atom is -0.478 e. The van der Waals surface area contributed by atoms with Crippen LogP contribution in [0, 0.1) is 0 Å². The van der Waals surface area contributed by atoms with Gasteiger partial charge in [-0.25, -0.2) is 14.4 Å². The highest BCUT2D eigenvalue weighted by molar-refractivity contribution is 5.98. The molecule has 10 nitrogen and oxygen atoms in total. The normalized spacial score (nSPS) is 17.8. The van der Waals surface area contributed by atoms with Gasteiger partial charge in [-0.1, -0.05) is 42.5 Å². The second-order valence-electron chi connectivity index (χ2n) is 10.3. The molecule has 212 valence electrons. The van der Waals surface area contributed by atoms with Crippen LogP contribution in [0.4, 0.5) is 10.5 Å². The van der Waals surface area contributed by atoms with Crippen LogP contribution in [0.15, 0.2) is 77.1 Å². The highest BCUT2D eigenvalue weighted by atomic mass is 16.4. The van der Waals surface area contributed by atoms with Crippen molar-refractivity contribution in [1.29, 1.82) is 0 Å². The van der Waals surface area contributed by atoms with Gasteiger partial charge in [-0.3, -0.25) is 0 Å². The number of carbonyl (C=O) groups is 3. The van der Waals surface area contributed by atoms with E-state index < -0.39 is 29.5 Å². The third-order valence-corrected chi connectivity index (χ3v) is 7.63. The van der Waals surface area contributed by atoms with Crippen molar-refractivity contribution >= 4 is 23.7 Å². The number of allylic oxidation sites excluding steroid dienone is 2. The summed E-state index contributed by atoms with van der Waals surface area (Å²) in [4.78, 5) is 38.9. The fourth-order valence-corrected chi connectivity index (χ4v) is 5.55. The Kier molecular flexibility index (Phi) is 8.91. The van der Waals surface area contributed by atoms with Crippen molar-refractivity contribution < 1.29 is 29.7 Å². The number of aliphatic carboxylic acids is 2. The zero-order chi connectivity index (χ0) is 28.9. The number of dihydropyridines is 1. The predicted molar refractivity (Wildman–Crippen MR) is 151 cm³/mol. The molecule has 0 saturated carbocycles. The van der Waals surface area contributed by atoms with E-state index >= 15 is 0 Å². The van der Waals surface area contributed by atoms with Crippen LogP contribution in [0.1, 0.15) is 50.2 Å². The first kappa shape index (κ1) is 28.8. The molecule has 0 radical (unpaired) electrons. The maximum Gasteiger partial charge on any atom is 0.334 e.